The molecule has 7 heteroatoms. The normalized spacial score (nSPS) is 10.4. The van der Waals surface area contributed by atoms with Crippen molar-refractivity contribution in [3.05, 3.63) is 65.2 Å². The van der Waals surface area contributed by atoms with E-state index in [4.69, 9.17) is 0 Å². The van der Waals surface area contributed by atoms with Crippen LogP contribution in [0.15, 0.2) is 48.5 Å². The van der Waals surface area contributed by atoms with E-state index in [9.17, 15) is 18.4 Å². The van der Waals surface area contributed by atoms with Gasteiger partial charge in [0, 0.05) is 19.2 Å². The van der Waals surface area contributed by atoms with Crippen molar-refractivity contribution in [2.45, 2.75) is 19.6 Å². The highest BCUT2D eigenvalue weighted by Gasteiger charge is 2.07. The molecule has 0 spiro atoms. The zero-order valence-corrected chi connectivity index (χ0v) is 13.6. The van der Waals surface area contributed by atoms with E-state index in [-0.39, 0.29) is 24.0 Å². The standard InChI is InChI=1S/C18H18F2N2O3/c1-21-17(24)14-6-2-13(3-7-14)11-22-16(23)10-12-4-8-15(9-5-12)25-18(19)20/h2-9,18H,10-11H2,1H3,(H,21,24)(H,22,23). The summed E-state index contributed by atoms with van der Waals surface area (Å²) in [5, 5.41) is 5.30. The molecule has 2 aromatic carbocycles. The van der Waals surface area contributed by atoms with Gasteiger partial charge in [0.1, 0.15) is 5.75 Å². The van der Waals surface area contributed by atoms with Crippen LogP contribution in [0.3, 0.4) is 0 Å². The first kappa shape index (κ1) is 18.4. The first-order valence-electron chi connectivity index (χ1n) is 7.59. The number of rotatable bonds is 7. The second-order valence-electron chi connectivity index (χ2n) is 5.25. The molecule has 0 bridgehead atoms. The minimum Gasteiger partial charge on any atom is -0.435 e. The summed E-state index contributed by atoms with van der Waals surface area (Å²) < 4.78 is 28.4. The van der Waals surface area contributed by atoms with Crippen molar-refractivity contribution in [1.82, 2.24) is 10.6 Å². The van der Waals surface area contributed by atoms with Crippen LogP contribution in [0.2, 0.25) is 0 Å². The van der Waals surface area contributed by atoms with Crippen LogP contribution in [-0.2, 0) is 17.8 Å². The van der Waals surface area contributed by atoms with E-state index in [1.165, 1.54) is 12.1 Å². The summed E-state index contributed by atoms with van der Waals surface area (Å²) in [5.74, 6) is -0.317. The summed E-state index contributed by atoms with van der Waals surface area (Å²) in [7, 11) is 1.56. The van der Waals surface area contributed by atoms with Gasteiger partial charge in [-0.05, 0) is 35.4 Å². The minimum atomic E-state index is -2.87. The molecule has 2 aromatic rings. The molecule has 0 aliphatic heterocycles. The molecule has 0 saturated heterocycles. The highest BCUT2D eigenvalue weighted by atomic mass is 19.3. The second kappa shape index (κ2) is 8.77. The number of amides is 2. The Morgan fingerprint density at radius 2 is 1.60 bits per heavy atom. The molecule has 25 heavy (non-hydrogen) atoms. The fourth-order valence-corrected chi connectivity index (χ4v) is 2.16. The molecule has 0 aromatic heterocycles. The molecule has 2 N–H and O–H groups in total. The van der Waals surface area contributed by atoms with E-state index in [0.29, 0.717) is 17.7 Å². The van der Waals surface area contributed by atoms with Gasteiger partial charge in [0.25, 0.3) is 5.91 Å². The maximum atomic E-state index is 12.1. The Hall–Kier alpha value is -2.96. The molecule has 0 unspecified atom stereocenters. The van der Waals surface area contributed by atoms with Crippen molar-refractivity contribution in [3.8, 4) is 5.75 Å². The molecular weight excluding hydrogens is 330 g/mol. The Labute approximate surface area is 144 Å². The predicted octanol–water partition coefficient (Wildman–Crippen LogP) is 2.51. The third kappa shape index (κ3) is 5.87. The highest BCUT2D eigenvalue weighted by molar-refractivity contribution is 5.93. The summed E-state index contributed by atoms with van der Waals surface area (Å²) in [5.41, 5.74) is 2.10. The van der Waals surface area contributed by atoms with Crippen LogP contribution in [0, 0.1) is 0 Å². The maximum Gasteiger partial charge on any atom is 0.387 e. The SMILES string of the molecule is CNC(=O)c1ccc(CNC(=O)Cc2ccc(OC(F)F)cc2)cc1. The van der Waals surface area contributed by atoms with Crippen LogP contribution < -0.4 is 15.4 Å². The summed E-state index contributed by atoms with van der Waals surface area (Å²) in [6.07, 6.45) is 0.130. The quantitative estimate of drug-likeness (QED) is 0.808. The first-order valence-corrected chi connectivity index (χ1v) is 7.59. The fraction of sp³-hybridized carbons (Fsp3) is 0.222. The van der Waals surface area contributed by atoms with Crippen LogP contribution in [0.4, 0.5) is 8.78 Å². The van der Waals surface area contributed by atoms with E-state index in [0.717, 1.165) is 5.56 Å². The third-order valence-electron chi connectivity index (χ3n) is 3.45. The zero-order chi connectivity index (χ0) is 18.2. The highest BCUT2D eigenvalue weighted by Crippen LogP contribution is 2.15. The van der Waals surface area contributed by atoms with Crippen LogP contribution >= 0.6 is 0 Å². The monoisotopic (exact) mass is 348 g/mol. The minimum absolute atomic E-state index is 0.0513. The molecule has 0 fully saturated rings. The van der Waals surface area contributed by atoms with Crippen molar-refractivity contribution in [1.29, 1.82) is 0 Å². The number of nitrogens with one attached hydrogen (secondary N) is 2. The van der Waals surface area contributed by atoms with Gasteiger partial charge < -0.3 is 15.4 Å². The zero-order valence-electron chi connectivity index (χ0n) is 13.6. The Morgan fingerprint density at radius 3 is 2.16 bits per heavy atom. The fourth-order valence-electron chi connectivity index (χ4n) is 2.16. The average molecular weight is 348 g/mol. The lowest BCUT2D eigenvalue weighted by Crippen LogP contribution is -2.24. The van der Waals surface area contributed by atoms with Gasteiger partial charge in [0.05, 0.1) is 6.42 Å². The number of halogens is 2. The maximum absolute atomic E-state index is 12.1. The van der Waals surface area contributed by atoms with E-state index >= 15 is 0 Å². The van der Waals surface area contributed by atoms with Gasteiger partial charge in [-0.3, -0.25) is 9.59 Å². The van der Waals surface area contributed by atoms with E-state index in [1.54, 1.807) is 43.4 Å². The molecule has 2 rings (SSSR count). The molecule has 2 amide bonds. The Morgan fingerprint density at radius 1 is 1.00 bits per heavy atom. The topological polar surface area (TPSA) is 67.4 Å². The van der Waals surface area contributed by atoms with Crippen molar-refractivity contribution in [3.63, 3.8) is 0 Å². The molecule has 0 aliphatic rings. The van der Waals surface area contributed by atoms with Crippen LogP contribution in [0.1, 0.15) is 21.5 Å². The van der Waals surface area contributed by atoms with Gasteiger partial charge in [-0.25, -0.2) is 0 Å². The number of ether oxygens (including phenoxy) is 1. The first-order chi connectivity index (χ1) is 12.0. The Balaban J connectivity index is 1.83. The summed E-state index contributed by atoms with van der Waals surface area (Å²) in [6.45, 7) is -2.54. The number of hydrogen-bond acceptors (Lipinski definition) is 3. The summed E-state index contributed by atoms with van der Waals surface area (Å²) in [4.78, 5) is 23.4. The van der Waals surface area contributed by atoms with E-state index in [2.05, 4.69) is 15.4 Å². The lowest BCUT2D eigenvalue weighted by Gasteiger charge is -2.08. The smallest absolute Gasteiger partial charge is 0.387 e. The van der Waals surface area contributed by atoms with Crippen LogP contribution in [-0.4, -0.2) is 25.5 Å². The number of carbonyl (C=O) groups is 2. The van der Waals surface area contributed by atoms with Gasteiger partial charge in [-0.1, -0.05) is 24.3 Å². The van der Waals surface area contributed by atoms with E-state index in [1.807, 2.05) is 0 Å². The largest absolute Gasteiger partial charge is 0.435 e. The molecule has 0 aliphatic carbocycles. The number of carbonyl (C=O) groups excluding carboxylic acids is 2. The third-order valence-corrected chi connectivity index (χ3v) is 3.45. The van der Waals surface area contributed by atoms with Crippen molar-refractivity contribution in [2.24, 2.45) is 0 Å². The second-order valence-corrected chi connectivity index (χ2v) is 5.25. The molecular formula is C18H18F2N2O3. The van der Waals surface area contributed by atoms with Crippen molar-refractivity contribution < 1.29 is 23.1 Å². The molecule has 5 nitrogen and oxygen atoms in total. The molecule has 0 saturated carbocycles. The van der Waals surface area contributed by atoms with E-state index < -0.39 is 6.61 Å². The van der Waals surface area contributed by atoms with Gasteiger partial charge >= 0.3 is 6.61 Å². The summed E-state index contributed by atoms with van der Waals surface area (Å²) >= 11 is 0. The van der Waals surface area contributed by atoms with Gasteiger partial charge in [0.2, 0.25) is 5.91 Å². The number of hydrogen-bond donors (Lipinski definition) is 2. The predicted molar refractivity (Wildman–Crippen MR) is 88.5 cm³/mol. The Bertz CT molecular complexity index is 716. The van der Waals surface area contributed by atoms with Crippen molar-refractivity contribution >= 4 is 11.8 Å². The molecule has 0 heterocycles. The lowest BCUT2D eigenvalue weighted by molar-refractivity contribution is -0.120. The van der Waals surface area contributed by atoms with Gasteiger partial charge in [-0.15, -0.1) is 0 Å². The van der Waals surface area contributed by atoms with Gasteiger partial charge in [-0.2, -0.15) is 8.78 Å². The molecule has 132 valence electrons. The number of benzene rings is 2. The molecule has 0 atom stereocenters. The van der Waals surface area contributed by atoms with Crippen LogP contribution in [0.25, 0.3) is 0 Å². The van der Waals surface area contributed by atoms with Crippen LogP contribution in [0.5, 0.6) is 5.75 Å². The molecule has 0 radical (unpaired) electrons. The van der Waals surface area contributed by atoms with Gasteiger partial charge in [0.15, 0.2) is 0 Å². The summed E-state index contributed by atoms with van der Waals surface area (Å²) in [6, 6.07) is 12.8. The average Bonchev–Trinajstić information content (AvgIpc) is 2.61. The lowest BCUT2D eigenvalue weighted by atomic mass is 10.1. The number of alkyl halides is 2. The van der Waals surface area contributed by atoms with Crippen molar-refractivity contribution in [2.75, 3.05) is 7.05 Å². The Kier molecular flexibility index (Phi) is 6.45.